The second-order valence-electron chi connectivity index (χ2n) is 11.2. The van der Waals surface area contributed by atoms with Gasteiger partial charge in [0.25, 0.3) is 5.91 Å². The summed E-state index contributed by atoms with van der Waals surface area (Å²) in [6.45, 7) is 6.59. The first-order chi connectivity index (χ1) is 19.3. The molecule has 3 rings (SSSR count). The fraction of sp³-hybridized carbons (Fsp3) is 0.375. The van der Waals surface area contributed by atoms with Gasteiger partial charge in [-0.3, -0.25) is 29.7 Å². The number of nitrogens with one attached hydrogen (secondary N) is 1. The van der Waals surface area contributed by atoms with Crippen LogP contribution < -0.4 is 5.43 Å². The molecule has 9 heteroatoms. The molecule has 0 fully saturated rings. The third-order valence-corrected chi connectivity index (χ3v) is 6.70. The molecule has 0 aliphatic carbocycles. The van der Waals surface area contributed by atoms with Crippen LogP contribution in [0.4, 0.5) is 4.79 Å². The third-order valence-electron chi connectivity index (χ3n) is 6.70. The Kier molecular flexibility index (Phi) is 10.1. The number of likely N-dealkylation sites (N-methyl/N-ethyl adjacent to an activating group) is 3. The molecule has 0 saturated heterocycles. The lowest BCUT2D eigenvalue weighted by Gasteiger charge is -2.36. The normalized spacial score (nSPS) is 12.7. The molecule has 2 atom stereocenters. The predicted octanol–water partition coefficient (Wildman–Crippen LogP) is 4.20. The zero-order valence-corrected chi connectivity index (χ0v) is 24.9. The molecular weight excluding hydrogens is 520 g/mol. The molecule has 3 aromatic rings. The molecule has 1 N–H and O–H groups in total. The van der Waals surface area contributed by atoms with Gasteiger partial charge in [-0.2, -0.15) is 0 Å². The Balaban J connectivity index is 1.99. The summed E-state index contributed by atoms with van der Waals surface area (Å²) in [6.07, 6.45) is -0.228. The van der Waals surface area contributed by atoms with E-state index in [9.17, 15) is 19.2 Å². The van der Waals surface area contributed by atoms with Gasteiger partial charge >= 0.3 is 6.09 Å². The summed E-state index contributed by atoms with van der Waals surface area (Å²) in [5.41, 5.74) is 3.41. The number of hydrogen-bond acceptors (Lipinski definition) is 5. The number of nitrogens with zero attached hydrogens (tertiary/aromatic N) is 3. The number of benzene rings is 3. The molecule has 0 spiro atoms. The van der Waals surface area contributed by atoms with Gasteiger partial charge in [0.15, 0.2) is 0 Å². The molecule has 0 unspecified atom stereocenters. The van der Waals surface area contributed by atoms with Crippen LogP contribution in [0.25, 0.3) is 10.8 Å². The van der Waals surface area contributed by atoms with E-state index < -0.39 is 41.5 Å². The first kappa shape index (κ1) is 31.1. The van der Waals surface area contributed by atoms with E-state index in [1.54, 1.807) is 27.8 Å². The summed E-state index contributed by atoms with van der Waals surface area (Å²) < 4.78 is 5.60. The standard InChI is InChI=1S/C32H40N4O5/c1-22(37)33-36(7)30(39)28(20-23-13-9-8-10-14-23)34(5)29(38)27(35(6)31(40)41-32(2,3)4)21-24-17-18-25-15-11-12-16-26(25)19-24/h8-19,27-28H,20-21H2,1-7H3,(H,33,37)/t27-,28-/m1/s1. The van der Waals surface area contributed by atoms with Crippen LogP contribution in [-0.2, 0) is 32.0 Å². The maximum Gasteiger partial charge on any atom is 0.410 e. The minimum absolute atomic E-state index is 0.206. The molecule has 0 aliphatic heterocycles. The fourth-order valence-corrected chi connectivity index (χ4v) is 4.57. The molecule has 0 saturated carbocycles. The molecule has 0 aliphatic rings. The maximum atomic E-state index is 14.2. The summed E-state index contributed by atoms with van der Waals surface area (Å²) in [4.78, 5) is 55.3. The zero-order chi connectivity index (χ0) is 30.3. The zero-order valence-electron chi connectivity index (χ0n) is 24.9. The van der Waals surface area contributed by atoms with Crippen LogP contribution >= 0.6 is 0 Å². The van der Waals surface area contributed by atoms with Crippen molar-refractivity contribution in [2.75, 3.05) is 21.1 Å². The van der Waals surface area contributed by atoms with E-state index in [-0.39, 0.29) is 12.8 Å². The summed E-state index contributed by atoms with van der Waals surface area (Å²) in [5.74, 6) is -1.31. The minimum Gasteiger partial charge on any atom is -0.444 e. The molecule has 9 nitrogen and oxygen atoms in total. The van der Waals surface area contributed by atoms with E-state index in [4.69, 9.17) is 4.74 Å². The highest BCUT2D eigenvalue weighted by Crippen LogP contribution is 2.21. The van der Waals surface area contributed by atoms with Gasteiger partial charge in [-0.05, 0) is 42.7 Å². The predicted molar refractivity (Wildman–Crippen MR) is 159 cm³/mol. The minimum atomic E-state index is -0.965. The average molecular weight is 561 g/mol. The first-order valence-corrected chi connectivity index (χ1v) is 13.6. The Morgan fingerprint density at radius 3 is 1.90 bits per heavy atom. The second kappa shape index (κ2) is 13.3. The van der Waals surface area contributed by atoms with Gasteiger partial charge in [0.2, 0.25) is 11.8 Å². The van der Waals surface area contributed by atoms with Crippen LogP contribution in [-0.4, -0.2) is 77.5 Å². The van der Waals surface area contributed by atoms with Crippen molar-refractivity contribution < 1.29 is 23.9 Å². The van der Waals surface area contributed by atoms with Crippen molar-refractivity contribution in [3.05, 3.63) is 83.9 Å². The molecule has 41 heavy (non-hydrogen) atoms. The number of fused-ring (bicyclic) bond motifs is 1. The van der Waals surface area contributed by atoms with Crippen molar-refractivity contribution in [2.24, 2.45) is 0 Å². The molecule has 4 amide bonds. The number of rotatable bonds is 8. The second-order valence-corrected chi connectivity index (χ2v) is 11.2. The van der Waals surface area contributed by atoms with Gasteiger partial charge in [0, 0.05) is 40.9 Å². The first-order valence-electron chi connectivity index (χ1n) is 13.6. The lowest BCUT2D eigenvalue weighted by molar-refractivity contribution is -0.149. The Morgan fingerprint density at radius 1 is 0.732 bits per heavy atom. The van der Waals surface area contributed by atoms with Crippen LogP contribution in [0.15, 0.2) is 72.8 Å². The smallest absolute Gasteiger partial charge is 0.410 e. The van der Waals surface area contributed by atoms with Crippen LogP contribution in [0.3, 0.4) is 0 Å². The van der Waals surface area contributed by atoms with Crippen LogP contribution in [0, 0.1) is 0 Å². The Morgan fingerprint density at radius 2 is 1.29 bits per heavy atom. The van der Waals surface area contributed by atoms with Crippen molar-refractivity contribution >= 4 is 34.6 Å². The van der Waals surface area contributed by atoms with Crippen molar-refractivity contribution in [1.82, 2.24) is 20.2 Å². The molecule has 0 bridgehead atoms. The quantitative estimate of drug-likeness (QED) is 0.417. The summed E-state index contributed by atoms with van der Waals surface area (Å²) >= 11 is 0. The number of carbonyl (C=O) groups is 4. The molecule has 0 aromatic heterocycles. The SMILES string of the molecule is CC(=O)NN(C)C(=O)[C@@H](Cc1ccccc1)N(C)C(=O)[C@@H](Cc1ccc2ccccc2c1)N(C)C(=O)OC(C)(C)C. The lowest BCUT2D eigenvalue weighted by atomic mass is 9.98. The average Bonchev–Trinajstić information content (AvgIpc) is 2.92. The maximum absolute atomic E-state index is 14.2. The molecule has 0 heterocycles. The van der Waals surface area contributed by atoms with Gasteiger partial charge in [0.05, 0.1) is 0 Å². The molecule has 0 radical (unpaired) electrons. The van der Waals surface area contributed by atoms with Gasteiger partial charge < -0.3 is 9.64 Å². The topological polar surface area (TPSA) is 99.3 Å². The number of hydrazine groups is 1. The highest BCUT2D eigenvalue weighted by Gasteiger charge is 2.37. The van der Waals surface area contributed by atoms with Gasteiger partial charge in [-0.15, -0.1) is 0 Å². The summed E-state index contributed by atoms with van der Waals surface area (Å²) in [6, 6.07) is 21.2. The largest absolute Gasteiger partial charge is 0.444 e. The number of amides is 4. The lowest BCUT2D eigenvalue weighted by Crippen LogP contribution is -2.58. The van der Waals surface area contributed by atoms with Gasteiger partial charge in [-0.25, -0.2) is 4.79 Å². The third kappa shape index (κ3) is 8.54. The Hall–Kier alpha value is -4.40. The molecular formula is C32H40N4O5. The molecule has 218 valence electrons. The Bertz CT molecular complexity index is 1390. The fourth-order valence-electron chi connectivity index (χ4n) is 4.57. The van der Waals surface area contributed by atoms with Crippen LogP contribution in [0.5, 0.6) is 0 Å². The van der Waals surface area contributed by atoms with E-state index in [2.05, 4.69) is 5.43 Å². The Labute approximate surface area is 242 Å². The van der Waals surface area contributed by atoms with Crippen LogP contribution in [0.2, 0.25) is 0 Å². The van der Waals surface area contributed by atoms with E-state index in [1.165, 1.54) is 30.8 Å². The van der Waals surface area contributed by atoms with Crippen molar-refractivity contribution in [3.8, 4) is 0 Å². The summed E-state index contributed by atoms with van der Waals surface area (Å²) in [5, 5.41) is 3.17. The highest BCUT2D eigenvalue weighted by molar-refractivity contribution is 5.92. The van der Waals surface area contributed by atoms with Gasteiger partial charge in [-0.1, -0.05) is 72.8 Å². The van der Waals surface area contributed by atoms with E-state index in [0.717, 1.165) is 26.9 Å². The summed E-state index contributed by atoms with van der Waals surface area (Å²) in [7, 11) is 4.52. The van der Waals surface area contributed by atoms with Crippen molar-refractivity contribution in [2.45, 2.75) is 58.2 Å². The molecule has 3 aromatic carbocycles. The number of ether oxygens (including phenoxy) is 1. The monoisotopic (exact) mass is 560 g/mol. The number of hydrogen-bond donors (Lipinski definition) is 1. The van der Waals surface area contributed by atoms with Crippen molar-refractivity contribution in [1.29, 1.82) is 0 Å². The number of carbonyl (C=O) groups excluding carboxylic acids is 4. The van der Waals surface area contributed by atoms with Crippen LogP contribution in [0.1, 0.15) is 38.8 Å². The highest BCUT2D eigenvalue weighted by atomic mass is 16.6. The van der Waals surface area contributed by atoms with E-state index in [1.807, 2.05) is 72.8 Å². The van der Waals surface area contributed by atoms with E-state index >= 15 is 0 Å². The van der Waals surface area contributed by atoms with Crippen molar-refractivity contribution in [3.63, 3.8) is 0 Å². The van der Waals surface area contributed by atoms with E-state index in [0.29, 0.717) is 0 Å². The van der Waals surface area contributed by atoms with Gasteiger partial charge in [0.1, 0.15) is 17.7 Å².